The van der Waals surface area contributed by atoms with Crippen LogP contribution in [0.1, 0.15) is 27.0 Å². The van der Waals surface area contributed by atoms with Gasteiger partial charge in [-0.3, -0.25) is 14.5 Å². The van der Waals surface area contributed by atoms with E-state index in [1.807, 2.05) is 68.4 Å². The van der Waals surface area contributed by atoms with Crippen LogP contribution in [-0.4, -0.2) is 35.2 Å². The zero-order chi connectivity index (χ0) is 26.6. The van der Waals surface area contributed by atoms with Gasteiger partial charge in [0.1, 0.15) is 18.1 Å². The van der Waals surface area contributed by atoms with Crippen molar-refractivity contribution >= 4 is 45.7 Å². The average Bonchev–Trinajstić information content (AvgIpc) is 3.17. The summed E-state index contributed by atoms with van der Waals surface area (Å²) in [6, 6.07) is 25.9. The van der Waals surface area contributed by atoms with Crippen LogP contribution in [0.25, 0.3) is 16.8 Å². The summed E-state index contributed by atoms with van der Waals surface area (Å²) in [6.07, 6.45) is 1.63. The predicted molar refractivity (Wildman–Crippen MR) is 149 cm³/mol. The van der Waals surface area contributed by atoms with Crippen LogP contribution in [0.5, 0.6) is 11.5 Å². The summed E-state index contributed by atoms with van der Waals surface area (Å²) in [6.45, 7) is 4.28. The lowest BCUT2D eigenvalue weighted by Crippen LogP contribution is -2.32. The van der Waals surface area contributed by atoms with Crippen LogP contribution in [0.15, 0.2) is 89.8 Å². The molecule has 0 N–H and O–H groups in total. The van der Waals surface area contributed by atoms with Crippen molar-refractivity contribution in [1.82, 2.24) is 4.90 Å². The van der Waals surface area contributed by atoms with Gasteiger partial charge in [0.15, 0.2) is 0 Å². The van der Waals surface area contributed by atoms with E-state index in [1.54, 1.807) is 36.4 Å². The molecule has 0 atom stereocenters. The molecule has 2 amide bonds. The Balaban J connectivity index is 1.26. The quantitative estimate of drug-likeness (QED) is 0.151. The molecule has 1 fully saturated rings. The summed E-state index contributed by atoms with van der Waals surface area (Å²) in [5.41, 5.74) is 3.18. The van der Waals surface area contributed by atoms with Crippen molar-refractivity contribution in [3.05, 3.63) is 112 Å². The van der Waals surface area contributed by atoms with Gasteiger partial charge in [0, 0.05) is 0 Å². The molecule has 0 spiro atoms. The normalized spacial score (nSPS) is 14.4. The number of fused-ring (bicyclic) bond motifs is 1. The second-order valence-corrected chi connectivity index (χ2v) is 9.93. The van der Waals surface area contributed by atoms with Gasteiger partial charge in [-0.2, -0.15) is 0 Å². The van der Waals surface area contributed by atoms with Crippen LogP contribution in [0, 0.1) is 13.8 Å². The molecule has 0 unspecified atom stereocenters. The Morgan fingerprint density at radius 2 is 1.71 bits per heavy atom. The minimum atomic E-state index is -0.469. The van der Waals surface area contributed by atoms with Gasteiger partial charge >= 0.3 is 5.97 Å². The smallest absolute Gasteiger partial charge is 0.344 e. The van der Waals surface area contributed by atoms with Gasteiger partial charge in [-0.05, 0) is 83.4 Å². The highest BCUT2D eigenvalue weighted by atomic mass is 32.2. The first-order chi connectivity index (χ1) is 18.4. The minimum Gasteiger partial charge on any atom is -0.491 e. The topological polar surface area (TPSA) is 72.9 Å². The lowest BCUT2D eigenvalue weighted by atomic mass is 10.0. The van der Waals surface area contributed by atoms with E-state index in [1.165, 1.54) is 4.90 Å². The largest absolute Gasteiger partial charge is 0.491 e. The number of amides is 2. The van der Waals surface area contributed by atoms with Gasteiger partial charge in [0.05, 0.1) is 17.0 Å². The Morgan fingerprint density at radius 1 is 0.921 bits per heavy atom. The Bertz CT molecular complexity index is 1590. The van der Waals surface area contributed by atoms with Crippen molar-refractivity contribution in [3.63, 3.8) is 0 Å². The summed E-state index contributed by atoms with van der Waals surface area (Å²) in [5.74, 6) is 0.242. The maximum absolute atomic E-state index is 12.9. The van der Waals surface area contributed by atoms with E-state index in [0.29, 0.717) is 21.8 Å². The molecule has 6 nitrogen and oxygen atoms in total. The van der Waals surface area contributed by atoms with Crippen LogP contribution >= 0.6 is 11.8 Å². The molecule has 4 aromatic rings. The number of esters is 1. The van der Waals surface area contributed by atoms with Crippen molar-refractivity contribution in [1.29, 1.82) is 0 Å². The zero-order valence-corrected chi connectivity index (χ0v) is 21.8. The van der Waals surface area contributed by atoms with Crippen molar-refractivity contribution in [3.8, 4) is 11.5 Å². The fraction of sp³-hybridized carbons (Fsp3) is 0.129. The van der Waals surface area contributed by atoms with E-state index >= 15 is 0 Å². The molecule has 190 valence electrons. The molecule has 38 heavy (non-hydrogen) atoms. The molecule has 1 aliphatic rings. The van der Waals surface area contributed by atoms with Crippen molar-refractivity contribution in [2.24, 2.45) is 0 Å². The van der Waals surface area contributed by atoms with Gasteiger partial charge in [-0.15, -0.1) is 0 Å². The van der Waals surface area contributed by atoms with Gasteiger partial charge in [0.2, 0.25) is 0 Å². The lowest BCUT2D eigenvalue weighted by Gasteiger charge is -2.14. The molecular formula is C31H25NO5S. The third-order valence-electron chi connectivity index (χ3n) is 6.17. The molecule has 4 aromatic carbocycles. The Labute approximate surface area is 224 Å². The number of rotatable bonds is 7. The number of hydrogen-bond donors (Lipinski definition) is 0. The van der Waals surface area contributed by atoms with E-state index in [0.717, 1.165) is 39.4 Å². The van der Waals surface area contributed by atoms with Crippen LogP contribution in [0.3, 0.4) is 0 Å². The number of carbonyl (C=O) groups is 3. The Hall–Kier alpha value is -4.36. The molecule has 1 saturated heterocycles. The first kappa shape index (κ1) is 25.3. The number of benzene rings is 4. The molecule has 7 heteroatoms. The number of thioether (sulfide) groups is 1. The second-order valence-electron chi connectivity index (χ2n) is 8.94. The monoisotopic (exact) mass is 523 g/mol. The number of nitrogens with zero attached hydrogens (tertiary/aromatic N) is 1. The third-order valence-corrected chi connectivity index (χ3v) is 7.07. The van der Waals surface area contributed by atoms with Gasteiger partial charge in [-0.1, -0.05) is 60.7 Å². The first-order valence-corrected chi connectivity index (χ1v) is 13.0. The van der Waals surface area contributed by atoms with Crippen LogP contribution in [-0.2, 0) is 4.79 Å². The van der Waals surface area contributed by atoms with Crippen LogP contribution in [0.4, 0.5) is 4.79 Å². The van der Waals surface area contributed by atoms with Gasteiger partial charge in [-0.25, -0.2) is 4.79 Å². The molecule has 5 rings (SSSR count). The molecule has 1 heterocycles. The Kier molecular flexibility index (Phi) is 7.29. The SMILES string of the molecule is Cc1ccc(C)c(OCCN2C(=O)S/C(=C\c3cccc(OC(=O)c4cccc5ccccc45)c3)C2=O)c1. The highest BCUT2D eigenvalue weighted by Gasteiger charge is 2.34. The van der Waals surface area contributed by atoms with Crippen molar-refractivity contribution in [2.45, 2.75) is 13.8 Å². The number of hydrogen-bond acceptors (Lipinski definition) is 6. The summed E-state index contributed by atoms with van der Waals surface area (Å²) in [4.78, 5) is 39.9. The number of carbonyl (C=O) groups excluding carboxylic acids is 3. The van der Waals surface area contributed by atoms with Gasteiger partial charge < -0.3 is 9.47 Å². The summed E-state index contributed by atoms with van der Waals surface area (Å²) < 4.78 is 11.5. The highest BCUT2D eigenvalue weighted by Crippen LogP contribution is 2.33. The average molecular weight is 524 g/mol. The number of imide groups is 1. The van der Waals surface area contributed by atoms with E-state index < -0.39 is 5.97 Å². The van der Waals surface area contributed by atoms with Crippen molar-refractivity contribution in [2.75, 3.05) is 13.2 Å². The lowest BCUT2D eigenvalue weighted by molar-refractivity contribution is -0.123. The maximum atomic E-state index is 12.9. The van der Waals surface area contributed by atoms with E-state index in [4.69, 9.17) is 9.47 Å². The van der Waals surface area contributed by atoms with Crippen LogP contribution < -0.4 is 9.47 Å². The minimum absolute atomic E-state index is 0.151. The second kappa shape index (κ2) is 10.9. The zero-order valence-electron chi connectivity index (χ0n) is 21.0. The molecule has 0 radical (unpaired) electrons. The summed E-state index contributed by atoms with van der Waals surface area (Å²) in [5, 5.41) is 1.42. The van der Waals surface area contributed by atoms with Crippen LogP contribution in [0.2, 0.25) is 0 Å². The molecular weight excluding hydrogens is 498 g/mol. The number of aryl methyl sites for hydroxylation is 2. The molecule has 0 aliphatic carbocycles. The third kappa shape index (κ3) is 5.48. The Morgan fingerprint density at radius 3 is 2.58 bits per heavy atom. The highest BCUT2D eigenvalue weighted by molar-refractivity contribution is 8.18. The maximum Gasteiger partial charge on any atom is 0.344 e. The van der Waals surface area contributed by atoms with E-state index in [9.17, 15) is 14.4 Å². The first-order valence-electron chi connectivity index (χ1n) is 12.1. The fourth-order valence-electron chi connectivity index (χ4n) is 4.19. The summed E-state index contributed by atoms with van der Waals surface area (Å²) in [7, 11) is 0. The predicted octanol–water partition coefficient (Wildman–Crippen LogP) is 6.79. The number of ether oxygens (including phenoxy) is 2. The fourth-order valence-corrected chi connectivity index (χ4v) is 5.05. The molecule has 0 bridgehead atoms. The molecule has 0 saturated carbocycles. The van der Waals surface area contributed by atoms with E-state index in [2.05, 4.69) is 0 Å². The molecule has 0 aromatic heterocycles. The van der Waals surface area contributed by atoms with Crippen molar-refractivity contribution < 1.29 is 23.9 Å². The van der Waals surface area contributed by atoms with E-state index in [-0.39, 0.29) is 24.3 Å². The summed E-state index contributed by atoms with van der Waals surface area (Å²) >= 11 is 0.882. The van der Waals surface area contributed by atoms with Gasteiger partial charge in [0.25, 0.3) is 11.1 Å². The molecule has 1 aliphatic heterocycles. The standard InChI is InChI=1S/C31H25NO5S/c1-20-13-14-21(2)27(17-20)36-16-15-32-29(33)28(38-31(32)35)19-22-7-5-10-24(18-22)37-30(34)26-12-6-9-23-8-3-4-11-25(23)26/h3-14,17-19H,15-16H2,1-2H3/b28-19-.